The zero-order valence-corrected chi connectivity index (χ0v) is 16.5. The number of nitrogens with two attached hydrogens (primary N) is 1. The summed E-state index contributed by atoms with van der Waals surface area (Å²) in [5.74, 6) is -0.395. The Morgan fingerprint density at radius 1 is 1.15 bits per heavy atom. The topological polar surface area (TPSA) is 101 Å². The summed E-state index contributed by atoms with van der Waals surface area (Å²) in [6.07, 6.45) is 3.22. The van der Waals surface area contributed by atoms with Crippen LogP contribution in [-0.2, 0) is 19.6 Å². The molecule has 3 rings (SSSR count). The molecule has 2 N–H and O–H groups in total. The van der Waals surface area contributed by atoms with Gasteiger partial charge in [-0.05, 0) is 51.2 Å². The Balaban J connectivity index is 1.77. The van der Waals surface area contributed by atoms with Gasteiger partial charge >= 0.3 is 0 Å². The average Bonchev–Trinajstić information content (AvgIpc) is 3.02. The van der Waals surface area contributed by atoms with Crippen LogP contribution in [0.3, 0.4) is 0 Å². The van der Waals surface area contributed by atoms with Crippen LogP contribution in [0.2, 0.25) is 0 Å². The molecule has 7 nitrogen and oxygen atoms in total. The SMILES string of the molecule is Cc1ccc(N2CCCC3(CCCN3C(=O)CCCS(N)(=O)=O)C2=O)cc1. The first kappa shape index (κ1) is 19.8. The number of amides is 2. The fraction of sp³-hybridized carbons (Fsp3) is 0.579. The number of benzene rings is 1. The van der Waals surface area contributed by atoms with Gasteiger partial charge in [0.05, 0.1) is 5.75 Å². The van der Waals surface area contributed by atoms with E-state index in [1.165, 1.54) is 0 Å². The molecule has 1 aromatic rings. The van der Waals surface area contributed by atoms with Gasteiger partial charge in [-0.15, -0.1) is 0 Å². The van der Waals surface area contributed by atoms with E-state index in [-0.39, 0.29) is 30.4 Å². The first-order valence-electron chi connectivity index (χ1n) is 9.42. The first-order valence-corrected chi connectivity index (χ1v) is 11.1. The number of nitrogens with zero attached hydrogens (tertiary/aromatic N) is 2. The van der Waals surface area contributed by atoms with Crippen LogP contribution in [-0.4, -0.2) is 49.5 Å². The Kier molecular flexibility index (Phi) is 5.58. The molecule has 2 heterocycles. The smallest absolute Gasteiger partial charge is 0.252 e. The van der Waals surface area contributed by atoms with Crippen molar-refractivity contribution in [1.29, 1.82) is 0 Å². The number of hydrogen-bond donors (Lipinski definition) is 1. The molecule has 1 spiro atoms. The molecule has 0 aliphatic carbocycles. The van der Waals surface area contributed by atoms with Crippen LogP contribution in [0.4, 0.5) is 5.69 Å². The monoisotopic (exact) mass is 393 g/mol. The minimum atomic E-state index is -3.58. The zero-order valence-electron chi connectivity index (χ0n) is 15.7. The lowest BCUT2D eigenvalue weighted by Crippen LogP contribution is -2.61. The third kappa shape index (κ3) is 4.16. The summed E-state index contributed by atoms with van der Waals surface area (Å²) < 4.78 is 22.2. The molecule has 0 aromatic heterocycles. The summed E-state index contributed by atoms with van der Waals surface area (Å²) in [7, 11) is -3.58. The minimum absolute atomic E-state index is 0.0186. The van der Waals surface area contributed by atoms with Crippen LogP contribution in [0.1, 0.15) is 44.1 Å². The molecule has 1 unspecified atom stereocenters. The molecule has 0 radical (unpaired) electrons. The zero-order chi connectivity index (χ0) is 19.7. The second kappa shape index (κ2) is 7.59. The lowest BCUT2D eigenvalue weighted by molar-refractivity contribution is -0.145. The Morgan fingerprint density at radius 2 is 1.78 bits per heavy atom. The van der Waals surface area contributed by atoms with Gasteiger partial charge in [0.15, 0.2) is 0 Å². The van der Waals surface area contributed by atoms with Gasteiger partial charge in [0.25, 0.3) is 5.91 Å². The van der Waals surface area contributed by atoms with E-state index in [0.29, 0.717) is 25.9 Å². The van der Waals surface area contributed by atoms with Gasteiger partial charge in [-0.2, -0.15) is 0 Å². The number of sulfonamides is 1. The Morgan fingerprint density at radius 3 is 2.41 bits per heavy atom. The van der Waals surface area contributed by atoms with Crippen molar-refractivity contribution in [2.45, 2.75) is 51.0 Å². The van der Waals surface area contributed by atoms with Crippen molar-refractivity contribution < 1.29 is 18.0 Å². The van der Waals surface area contributed by atoms with Crippen LogP contribution in [0.5, 0.6) is 0 Å². The summed E-state index contributed by atoms with van der Waals surface area (Å²) in [6, 6.07) is 7.85. The van der Waals surface area contributed by atoms with Gasteiger partial charge in [-0.1, -0.05) is 17.7 Å². The van der Waals surface area contributed by atoms with Gasteiger partial charge in [0, 0.05) is 25.2 Å². The van der Waals surface area contributed by atoms with Crippen molar-refractivity contribution in [2.75, 3.05) is 23.7 Å². The van der Waals surface area contributed by atoms with E-state index in [0.717, 1.165) is 24.1 Å². The number of aryl methyl sites for hydroxylation is 1. The minimum Gasteiger partial charge on any atom is -0.328 e. The number of carbonyl (C=O) groups is 2. The van der Waals surface area contributed by atoms with Gasteiger partial charge in [0.2, 0.25) is 15.9 Å². The van der Waals surface area contributed by atoms with E-state index < -0.39 is 15.6 Å². The number of hydrogen-bond acceptors (Lipinski definition) is 4. The largest absolute Gasteiger partial charge is 0.328 e. The van der Waals surface area contributed by atoms with Crippen molar-refractivity contribution in [1.82, 2.24) is 4.90 Å². The second-order valence-corrected chi connectivity index (χ2v) is 9.28. The van der Waals surface area contributed by atoms with Crippen molar-refractivity contribution in [3.8, 4) is 0 Å². The fourth-order valence-electron chi connectivity index (χ4n) is 4.24. The number of piperidine rings is 1. The molecular weight excluding hydrogens is 366 g/mol. The molecule has 27 heavy (non-hydrogen) atoms. The molecule has 2 aliphatic rings. The molecule has 0 bridgehead atoms. The second-order valence-electron chi connectivity index (χ2n) is 7.55. The Bertz CT molecular complexity index is 822. The molecule has 0 saturated carbocycles. The lowest BCUT2D eigenvalue weighted by atomic mass is 9.84. The van der Waals surface area contributed by atoms with Gasteiger partial charge in [-0.25, -0.2) is 13.6 Å². The maximum Gasteiger partial charge on any atom is 0.252 e. The van der Waals surface area contributed by atoms with Crippen molar-refractivity contribution in [2.24, 2.45) is 5.14 Å². The van der Waals surface area contributed by atoms with Crippen LogP contribution in [0.15, 0.2) is 24.3 Å². The standard InChI is InChI=1S/C19H27N3O4S/c1-15-6-8-16(9-7-15)21-12-3-10-19(18(21)24)11-4-13-22(19)17(23)5-2-14-27(20,25)26/h6-9H,2-5,10-14H2,1H3,(H2,20,25,26). The molecule has 2 saturated heterocycles. The van der Waals surface area contributed by atoms with E-state index in [1.54, 1.807) is 9.80 Å². The molecule has 2 fully saturated rings. The average molecular weight is 394 g/mol. The van der Waals surface area contributed by atoms with E-state index in [1.807, 2.05) is 31.2 Å². The summed E-state index contributed by atoms with van der Waals surface area (Å²) in [4.78, 5) is 29.6. The van der Waals surface area contributed by atoms with E-state index in [9.17, 15) is 18.0 Å². The Labute approximate surface area is 160 Å². The molecule has 1 atom stereocenters. The number of anilines is 1. The molecule has 2 amide bonds. The normalized spacial score (nSPS) is 23.3. The summed E-state index contributed by atoms with van der Waals surface area (Å²) >= 11 is 0. The van der Waals surface area contributed by atoms with Crippen LogP contribution in [0, 0.1) is 6.92 Å². The van der Waals surface area contributed by atoms with Crippen molar-refractivity contribution >= 4 is 27.5 Å². The third-order valence-electron chi connectivity index (χ3n) is 5.57. The predicted octanol–water partition coefficient (Wildman–Crippen LogP) is 1.55. The number of carbonyl (C=O) groups excluding carboxylic acids is 2. The van der Waals surface area contributed by atoms with Crippen LogP contribution in [0.25, 0.3) is 0 Å². The predicted molar refractivity (Wildman–Crippen MR) is 104 cm³/mol. The molecule has 148 valence electrons. The molecular formula is C19H27N3O4S. The molecule has 1 aromatic carbocycles. The van der Waals surface area contributed by atoms with Crippen LogP contribution < -0.4 is 10.0 Å². The summed E-state index contributed by atoms with van der Waals surface area (Å²) in [5, 5.41) is 5.01. The molecule has 2 aliphatic heterocycles. The van der Waals surface area contributed by atoms with E-state index in [4.69, 9.17) is 5.14 Å². The fourth-order valence-corrected chi connectivity index (χ4v) is 4.79. The highest BCUT2D eigenvalue weighted by Gasteiger charge is 2.52. The maximum absolute atomic E-state index is 13.4. The van der Waals surface area contributed by atoms with Gasteiger partial charge in [0.1, 0.15) is 5.54 Å². The van der Waals surface area contributed by atoms with E-state index >= 15 is 0 Å². The van der Waals surface area contributed by atoms with Gasteiger partial charge in [-0.3, -0.25) is 9.59 Å². The number of rotatable bonds is 5. The summed E-state index contributed by atoms with van der Waals surface area (Å²) in [6.45, 7) is 3.20. The highest BCUT2D eigenvalue weighted by Crippen LogP contribution is 2.40. The summed E-state index contributed by atoms with van der Waals surface area (Å²) in [5.41, 5.74) is 1.20. The number of primary sulfonamides is 1. The first-order chi connectivity index (χ1) is 12.7. The van der Waals surface area contributed by atoms with Crippen molar-refractivity contribution in [3.05, 3.63) is 29.8 Å². The molecule has 8 heteroatoms. The quantitative estimate of drug-likeness (QED) is 0.820. The van der Waals surface area contributed by atoms with Crippen LogP contribution >= 0.6 is 0 Å². The van der Waals surface area contributed by atoms with Gasteiger partial charge < -0.3 is 9.80 Å². The highest BCUT2D eigenvalue weighted by atomic mass is 32.2. The van der Waals surface area contributed by atoms with Crippen molar-refractivity contribution in [3.63, 3.8) is 0 Å². The maximum atomic E-state index is 13.4. The van der Waals surface area contributed by atoms with E-state index in [2.05, 4.69) is 0 Å². The lowest BCUT2D eigenvalue weighted by Gasteiger charge is -2.44. The third-order valence-corrected chi connectivity index (χ3v) is 6.43. The Hall–Kier alpha value is -1.93. The highest BCUT2D eigenvalue weighted by molar-refractivity contribution is 7.89. The number of likely N-dealkylation sites (tertiary alicyclic amines) is 1.